The average molecular weight is 265 g/mol. The summed E-state index contributed by atoms with van der Waals surface area (Å²) in [5, 5.41) is 9.44. The Morgan fingerprint density at radius 1 is 1.64 bits per heavy atom. The van der Waals surface area contributed by atoms with Gasteiger partial charge >= 0.3 is 7.12 Å². The van der Waals surface area contributed by atoms with Crippen LogP contribution in [0.15, 0.2) is 18.2 Å². The van der Waals surface area contributed by atoms with Crippen molar-refractivity contribution in [2.75, 3.05) is 0 Å². The zero-order valence-corrected chi connectivity index (χ0v) is 11.4. The predicted molar refractivity (Wildman–Crippen MR) is 53.4 cm³/mol. The van der Waals surface area contributed by atoms with Gasteiger partial charge in [0.05, 0.1) is 0 Å². The summed E-state index contributed by atoms with van der Waals surface area (Å²) >= 11 is 0. The molecule has 1 radical (unpaired) electrons. The molecule has 1 unspecified atom stereocenters. The van der Waals surface area contributed by atoms with Gasteiger partial charge in [0, 0.05) is 38.8 Å². The second-order valence-corrected chi connectivity index (χ2v) is 2.94. The molecule has 14 heavy (non-hydrogen) atoms. The summed E-state index contributed by atoms with van der Waals surface area (Å²) in [7, 11) is -0.748. The summed E-state index contributed by atoms with van der Waals surface area (Å²) in [5.41, 5.74) is 1.97. The van der Waals surface area contributed by atoms with Crippen molar-refractivity contribution in [1.29, 1.82) is 0 Å². The van der Waals surface area contributed by atoms with Crippen LogP contribution in [-0.4, -0.2) is 12.1 Å². The van der Waals surface area contributed by atoms with E-state index < -0.39 is 7.12 Å². The van der Waals surface area contributed by atoms with Crippen LogP contribution in [0.4, 0.5) is 0 Å². The molecule has 2 nitrogen and oxygen atoms in total. The minimum absolute atomic E-state index is 0. The Bertz CT molecular complexity index is 293. The van der Waals surface area contributed by atoms with E-state index in [1.165, 1.54) is 0 Å². The summed E-state index contributed by atoms with van der Waals surface area (Å²) in [6.45, 7) is 2.04. The summed E-state index contributed by atoms with van der Waals surface area (Å²) in [6, 6.07) is 8.52. The van der Waals surface area contributed by atoms with Crippen LogP contribution in [0.2, 0.25) is 0 Å². The minimum Gasteiger partial charge on any atom is -0.434 e. The van der Waals surface area contributed by atoms with Crippen LogP contribution in [0.5, 0.6) is 0 Å². The van der Waals surface area contributed by atoms with E-state index in [-0.39, 0.29) is 46.2 Å². The molecule has 0 spiro atoms. The monoisotopic (exact) mass is 265 g/mol. The van der Waals surface area contributed by atoms with Gasteiger partial charge in [0.2, 0.25) is 0 Å². The third kappa shape index (κ3) is 2.46. The molecule has 1 aromatic rings. The first-order valence-corrected chi connectivity index (χ1v) is 4.16. The molecule has 1 aliphatic rings. The van der Waals surface area contributed by atoms with Crippen LogP contribution in [-0.2, 0) is 37.4 Å². The zero-order valence-electron chi connectivity index (χ0n) is 8.53. The van der Waals surface area contributed by atoms with Gasteiger partial charge in [-0.3, -0.25) is 0 Å². The van der Waals surface area contributed by atoms with Crippen molar-refractivity contribution >= 4 is 12.6 Å². The van der Waals surface area contributed by atoms with Crippen LogP contribution in [0.3, 0.4) is 0 Å². The number of hydrogen-bond acceptors (Lipinski definition) is 2. The van der Waals surface area contributed by atoms with Gasteiger partial charge in [-0.05, 0) is 6.42 Å². The molecular formula is C10H13BO2Y-2. The third-order valence-electron chi connectivity index (χ3n) is 2.21. The first kappa shape index (κ1) is 14.3. The molecule has 0 aliphatic carbocycles. The fourth-order valence-electron chi connectivity index (χ4n) is 1.58. The third-order valence-corrected chi connectivity index (χ3v) is 2.21. The Balaban J connectivity index is 0.000000845. The first-order valence-electron chi connectivity index (χ1n) is 4.16. The molecule has 0 amide bonds. The molecule has 1 atom stereocenters. The van der Waals surface area contributed by atoms with Gasteiger partial charge < -0.3 is 17.1 Å². The van der Waals surface area contributed by atoms with E-state index in [9.17, 15) is 5.02 Å². The van der Waals surface area contributed by atoms with E-state index in [1.54, 1.807) is 6.07 Å². The SMILES string of the molecule is CCC1OB(O)c2c[c-]ccc21.[CH3-].[Y]. The maximum atomic E-state index is 9.44. The Labute approximate surface area is 111 Å². The molecule has 0 aromatic heterocycles. The van der Waals surface area contributed by atoms with Crippen molar-refractivity contribution in [3.05, 3.63) is 37.3 Å². The van der Waals surface area contributed by atoms with Crippen molar-refractivity contribution < 1.29 is 42.4 Å². The van der Waals surface area contributed by atoms with Crippen molar-refractivity contribution in [3.8, 4) is 0 Å². The second-order valence-electron chi connectivity index (χ2n) is 2.94. The Kier molecular flexibility index (Phi) is 6.15. The molecule has 1 aromatic carbocycles. The Morgan fingerprint density at radius 3 is 3.00 bits per heavy atom. The van der Waals surface area contributed by atoms with Gasteiger partial charge in [-0.1, -0.05) is 6.92 Å². The van der Waals surface area contributed by atoms with E-state index in [2.05, 4.69) is 6.07 Å². The van der Waals surface area contributed by atoms with Crippen LogP contribution >= 0.6 is 0 Å². The molecule has 1 aliphatic heterocycles. The molecule has 0 saturated carbocycles. The number of rotatable bonds is 1. The summed E-state index contributed by atoms with van der Waals surface area (Å²) < 4.78 is 5.32. The van der Waals surface area contributed by atoms with E-state index >= 15 is 0 Å². The number of hydrogen-bond donors (Lipinski definition) is 1. The van der Waals surface area contributed by atoms with Crippen LogP contribution in [0, 0.1) is 13.5 Å². The van der Waals surface area contributed by atoms with Crippen LogP contribution < -0.4 is 5.46 Å². The maximum Gasteiger partial charge on any atom is 0.416 e. The van der Waals surface area contributed by atoms with E-state index in [0.29, 0.717) is 0 Å². The smallest absolute Gasteiger partial charge is 0.416 e. The van der Waals surface area contributed by atoms with Crippen molar-refractivity contribution in [1.82, 2.24) is 0 Å². The standard InChI is InChI=1S/C9H10BO2.CH3.Y/c1-2-9-7-5-3-4-6-8(7)10(11)12-9;;/h3,5-6,9,11H,2H2,1H3;1H3;/q2*-1;. The molecule has 2 rings (SSSR count). The largest absolute Gasteiger partial charge is 0.434 e. The Morgan fingerprint density at radius 2 is 2.36 bits per heavy atom. The van der Waals surface area contributed by atoms with E-state index in [1.807, 2.05) is 19.1 Å². The molecule has 0 fully saturated rings. The molecule has 0 saturated heterocycles. The molecule has 1 N–H and O–H groups in total. The van der Waals surface area contributed by atoms with Gasteiger partial charge in [-0.25, -0.2) is 0 Å². The molecule has 73 valence electrons. The minimum atomic E-state index is -0.748. The van der Waals surface area contributed by atoms with Crippen LogP contribution in [0.25, 0.3) is 0 Å². The van der Waals surface area contributed by atoms with Gasteiger partial charge in [-0.15, -0.1) is 11.0 Å². The van der Waals surface area contributed by atoms with Crippen LogP contribution in [0.1, 0.15) is 25.0 Å². The summed E-state index contributed by atoms with van der Waals surface area (Å²) in [5.74, 6) is 0. The first-order chi connectivity index (χ1) is 5.83. The maximum absolute atomic E-state index is 9.44. The predicted octanol–water partition coefficient (Wildman–Crippen LogP) is 1.10. The average Bonchev–Trinajstić information content (AvgIpc) is 2.44. The normalized spacial score (nSPS) is 18.1. The van der Waals surface area contributed by atoms with Gasteiger partial charge in [-0.2, -0.15) is 24.3 Å². The summed E-state index contributed by atoms with van der Waals surface area (Å²) in [6.07, 6.45) is 0.957. The quantitative estimate of drug-likeness (QED) is 0.608. The Hall–Kier alpha value is 0.309. The van der Waals surface area contributed by atoms with Crippen molar-refractivity contribution in [2.24, 2.45) is 0 Å². The number of benzene rings is 1. The molecule has 0 bridgehead atoms. The van der Waals surface area contributed by atoms with Gasteiger partial charge in [0.1, 0.15) is 0 Å². The van der Waals surface area contributed by atoms with Crippen molar-refractivity contribution in [2.45, 2.75) is 19.4 Å². The summed E-state index contributed by atoms with van der Waals surface area (Å²) in [4.78, 5) is 0. The van der Waals surface area contributed by atoms with E-state index in [4.69, 9.17) is 4.65 Å². The zero-order chi connectivity index (χ0) is 8.55. The topological polar surface area (TPSA) is 29.5 Å². The van der Waals surface area contributed by atoms with Gasteiger partial charge in [0.15, 0.2) is 0 Å². The fourth-order valence-corrected chi connectivity index (χ4v) is 1.58. The fraction of sp³-hybridized carbons (Fsp3) is 0.300. The van der Waals surface area contributed by atoms with Crippen molar-refractivity contribution in [3.63, 3.8) is 0 Å². The van der Waals surface area contributed by atoms with E-state index in [0.717, 1.165) is 17.4 Å². The molecule has 1 heterocycles. The number of fused-ring (bicyclic) bond motifs is 1. The molecular weight excluding hydrogens is 252 g/mol. The second kappa shape index (κ2) is 6.02. The van der Waals surface area contributed by atoms with Gasteiger partial charge in [0.25, 0.3) is 0 Å². The molecule has 4 heteroatoms.